The van der Waals surface area contributed by atoms with Gasteiger partial charge in [0.05, 0.1) is 17.8 Å². The highest BCUT2D eigenvalue weighted by Crippen LogP contribution is 2.32. The highest BCUT2D eigenvalue weighted by molar-refractivity contribution is 5.81. The molecule has 1 aliphatic rings. The van der Waals surface area contributed by atoms with Crippen LogP contribution in [0.1, 0.15) is 24.4 Å². The Morgan fingerprint density at radius 3 is 2.76 bits per heavy atom. The minimum Gasteiger partial charge on any atom is -0.436 e. The second-order valence-electron chi connectivity index (χ2n) is 7.89. The van der Waals surface area contributed by atoms with Gasteiger partial charge in [-0.25, -0.2) is 9.97 Å². The van der Waals surface area contributed by atoms with Crippen LogP contribution in [0.2, 0.25) is 0 Å². The van der Waals surface area contributed by atoms with E-state index in [2.05, 4.69) is 37.9 Å². The fourth-order valence-corrected chi connectivity index (χ4v) is 3.90. The summed E-state index contributed by atoms with van der Waals surface area (Å²) in [4.78, 5) is 11.3. The Labute approximate surface area is 169 Å². The van der Waals surface area contributed by atoms with Gasteiger partial charge in [-0.1, -0.05) is 6.07 Å². The number of pyridine rings is 1. The van der Waals surface area contributed by atoms with E-state index in [4.69, 9.17) is 10.2 Å². The molecule has 0 aliphatic carbocycles. The number of fused-ring (bicyclic) bond motifs is 1. The number of nitrogen functional groups attached to an aromatic ring is 1. The van der Waals surface area contributed by atoms with Crippen molar-refractivity contribution in [2.75, 3.05) is 25.9 Å². The van der Waals surface area contributed by atoms with E-state index < -0.39 is 0 Å². The van der Waals surface area contributed by atoms with Gasteiger partial charge < -0.3 is 15.1 Å². The molecule has 3 aromatic heterocycles. The van der Waals surface area contributed by atoms with Gasteiger partial charge in [0.25, 0.3) is 0 Å². The summed E-state index contributed by atoms with van der Waals surface area (Å²) in [5, 5.41) is 4.61. The van der Waals surface area contributed by atoms with Crippen LogP contribution in [0.5, 0.6) is 0 Å². The Hall–Kier alpha value is -3.19. The van der Waals surface area contributed by atoms with Crippen LogP contribution in [-0.4, -0.2) is 44.8 Å². The van der Waals surface area contributed by atoms with Gasteiger partial charge in [-0.15, -0.1) is 0 Å². The Morgan fingerprint density at radius 1 is 1.10 bits per heavy atom. The lowest BCUT2D eigenvalue weighted by Gasteiger charge is -2.28. The number of piperidine rings is 1. The molecule has 7 nitrogen and oxygen atoms in total. The maximum absolute atomic E-state index is 6.15. The third-order valence-corrected chi connectivity index (χ3v) is 5.69. The van der Waals surface area contributed by atoms with Crippen LogP contribution in [0.3, 0.4) is 0 Å². The van der Waals surface area contributed by atoms with Crippen LogP contribution in [0.15, 0.2) is 47.3 Å². The molecule has 5 rings (SSSR count). The zero-order chi connectivity index (χ0) is 20.0. The highest BCUT2D eigenvalue weighted by Gasteiger charge is 2.20. The topological polar surface area (TPSA) is 86.0 Å². The first-order chi connectivity index (χ1) is 14.1. The fraction of sp³-hybridized carbons (Fsp3) is 0.318. The van der Waals surface area contributed by atoms with Crippen molar-refractivity contribution in [1.82, 2.24) is 24.6 Å². The van der Waals surface area contributed by atoms with Crippen molar-refractivity contribution in [1.29, 1.82) is 0 Å². The van der Waals surface area contributed by atoms with Crippen LogP contribution < -0.4 is 5.73 Å². The van der Waals surface area contributed by atoms with Crippen molar-refractivity contribution in [2.45, 2.75) is 25.8 Å². The molecule has 7 heteroatoms. The van der Waals surface area contributed by atoms with Crippen molar-refractivity contribution >= 4 is 16.9 Å². The summed E-state index contributed by atoms with van der Waals surface area (Å²) in [7, 11) is 2.17. The van der Waals surface area contributed by atoms with E-state index >= 15 is 0 Å². The Balaban J connectivity index is 1.48. The zero-order valence-electron chi connectivity index (χ0n) is 16.7. The van der Waals surface area contributed by atoms with Gasteiger partial charge in [0.15, 0.2) is 5.58 Å². The molecule has 4 aromatic rings. The number of anilines is 1. The Morgan fingerprint density at radius 2 is 1.93 bits per heavy atom. The second-order valence-corrected chi connectivity index (χ2v) is 7.89. The smallest absolute Gasteiger partial charge is 0.231 e. The van der Waals surface area contributed by atoms with Gasteiger partial charge in [0, 0.05) is 23.5 Å². The van der Waals surface area contributed by atoms with E-state index in [1.165, 1.54) is 0 Å². The first kappa shape index (κ1) is 17.9. The largest absolute Gasteiger partial charge is 0.436 e. The van der Waals surface area contributed by atoms with Crippen LogP contribution in [-0.2, 0) is 0 Å². The average molecular weight is 388 g/mol. The molecule has 0 atom stereocenters. The summed E-state index contributed by atoms with van der Waals surface area (Å²) in [6.45, 7) is 4.23. The predicted molar refractivity (Wildman–Crippen MR) is 113 cm³/mol. The predicted octanol–water partition coefficient (Wildman–Crippen LogP) is 3.91. The van der Waals surface area contributed by atoms with Crippen molar-refractivity contribution < 1.29 is 4.42 Å². The number of hydrogen-bond donors (Lipinski definition) is 1. The van der Waals surface area contributed by atoms with Gasteiger partial charge in [-0.05, 0) is 63.7 Å². The molecule has 0 radical (unpaired) electrons. The first-order valence-corrected chi connectivity index (χ1v) is 9.93. The number of aryl methyl sites for hydroxylation is 1. The van der Waals surface area contributed by atoms with Gasteiger partial charge in [-0.3, -0.25) is 4.68 Å². The van der Waals surface area contributed by atoms with Crippen molar-refractivity contribution in [2.24, 2.45) is 0 Å². The van der Waals surface area contributed by atoms with E-state index in [9.17, 15) is 0 Å². The molecule has 1 aliphatic heterocycles. The van der Waals surface area contributed by atoms with Crippen LogP contribution in [0, 0.1) is 6.92 Å². The van der Waals surface area contributed by atoms with Gasteiger partial charge in [0.2, 0.25) is 5.89 Å². The third kappa shape index (κ3) is 3.38. The molecule has 0 bridgehead atoms. The fourth-order valence-electron chi connectivity index (χ4n) is 3.90. The molecule has 0 spiro atoms. The van der Waals surface area contributed by atoms with Crippen molar-refractivity contribution in [3.63, 3.8) is 0 Å². The molecular weight excluding hydrogens is 364 g/mol. The van der Waals surface area contributed by atoms with Gasteiger partial charge in [0.1, 0.15) is 11.3 Å². The molecule has 0 unspecified atom stereocenters. The standard InChI is InChI=1S/C22H24N6O/c1-14-3-4-19-20(9-14)29-22(26-19)18-10-15(11-24-21(18)23)16-12-25-28(13-16)17-5-7-27(2)8-6-17/h3-4,9-13,17H,5-8H2,1-2H3,(H2,23,24). The monoisotopic (exact) mass is 388 g/mol. The molecule has 4 heterocycles. The average Bonchev–Trinajstić information content (AvgIpc) is 3.36. The second kappa shape index (κ2) is 7.00. The third-order valence-electron chi connectivity index (χ3n) is 5.69. The molecule has 148 valence electrons. The molecule has 0 saturated carbocycles. The highest BCUT2D eigenvalue weighted by atomic mass is 16.3. The summed E-state index contributed by atoms with van der Waals surface area (Å²) in [5.74, 6) is 0.889. The summed E-state index contributed by atoms with van der Waals surface area (Å²) < 4.78 is 8.04. The summed E-state index contributed by atoms with van der Waals surface area (Å²) in [6.07, 6.45) is 8.01. The van der Waals surface area contributed by atoms with Crippen LogP contribution in [0.4, 0.5) is 5.82 Å². The normalized spacial score (nSPS) is 15.9. The number of rotatable bonds is 3. The Bertz CT molecular complexity index is 1170. The number of hydrogen-bond acceptors (Lipinski definition) is 6. The Kier molecular flexibility index (Phi) is 4.32. The number of benzene rings is 1. The summed E-state index contributed by atoms with van der Waals surface area (Å²) >= 11 is 0. The van der Waals surface area contributed by atoms with Crippen LogP contribution in [0.25, 0.3) is 33.7 Å². The molecular formula is C22H24N6O. The van der Waals surface area contributed by atoms with E-state index in [1.807, 2.05) is 37.4 Å². The summed E-state index contributed by atoms with van der Waals surface area (Å²) in [5.41, 5.74) is 11.5. The van der Waals surface area contributed by atoms with E-state index in [1.54, 1.807) is 6.20 Å². The van der Waals surface area contributed by atoms with Crippen LogP contribution >= 0.6 is 0 Å². The van der Waals surface area contributed by atoms with Crippen molar-refractivity contribution in [3.8, 4) is 22.6 Å². The molecule has 0 amide bonds. The first-order valence-electron chi connectivity index (χ1n) is 9.93. The number of nitrogens with zero attached hydrogens (tertiary/aromatic N) is 5. The molecule has 1 fully saturated rings. The summed E-state index contributed by atoms with van der Waals surface area (Å²) in [6, 6.07) is 8.38. The minimum atomic E-state index is 0.403. The molecule has 2 N–H and O–H groups in total. The van der Waals surface area contributed by atoms with Gasteiger partial charge >= 0.3 is 0 Å². The lowest BCUT2D eigenvalue weighted by molar-refractivity contribution is 0.212. The SMILES string of the molecule is Cc1ccc2nc(-c3cc(-c4cnn(C5CCN(C)CC5)c4)cnc3N)oc2c1. The molecule has 1 saturated heterocycles. The zero-order valence-corrected chi connectivity index (χ0v) is 16.7. The maximum Gasteiger partial charge on any atom is 0.231 e. The minimum absolute atomic E-state index is 0.403. The maximum atomic E-state index is 6.15. The number of nitrogens with two attached hydrogens (primary N) is 1. The number of oxazole rings is 1. The molecule has 29 heavy (non-hydrogen) atoms. The lowest BCUT2D eigenvalue weighted by atomic mass is 10.1. The molecule has 1 aromatic carbocycles. The number of aromatic nitrogens is 4. The van der Waals surface area contributed by atoms with Gasteiger partial charge in [-0.2, -0.15) is 5.10 Å². The van der Waals surface area contributed by atoms with E-state index in [0.717, 1.165) is 53.7 Å². The van der Waals surface area contributed by atoms with E-state index in [0.29, 0.717) is 23.3 Å². The quantitative estimate of drug-likeness (QED) is 0.573. The lowest BCUT2D eigenvalue weighted by Crippen LogP contribution is -2.31. The number of likely N-dealkylation sites (tertiary alicyclic amines) is 1. The van der Waals surface area contributed by atoms with Crippen molar-refractivity contribution in [3.05, 3.63) is 48.4 Å². The van der Waals surface area contributed by atoms with E-state index in [-0.39, 0.29) is 0 Å².